The van der Waals surface area contributed by atoms with Crippen LogP contribution in [0.4, 0.5) is 0 Å². The molecule has 16 heavy (non-hydrogen) atoms. The average molecular weight is 217 g/mol. The number of nitrogens with one attached hydrogen (secondary N) is 1. The molecule has 1 aromatic carbocycles. The second-order valence-electron chi connectivity index (χ2n) is 4.15. The van der Waals surface area contributed by atoms with Crippen molar-refractivity contribution in [2.75, 3.05) is 0 Å². The molecule has 1 aliphatic rings. The highest BCUT2D eigenvalue weighted by Gasteiger charge is 2.35. The molecule has 0 spiro atoms. The molecular formula is C13H15NO2. The van der Waals surface area contributed by atoms with Crippen molar-refractivity contribution in [1.82, 2.24) is 5.32 Å². The number of carbonyl (C=O) groups excluding carboxylic acids is 2. The summed E-state index contributed by atoms with van der Waals surface area (Å²) >= 11 is 0. The van der Waals surface area contributed by atoms with Crippen molar-refractivity contribution >= 4 is 11.8 Å². The van der Waals surface area contributed by atoms with Crippen LogP contribution in [0.2, 0.25) is 0 Å². The van der Waals surface area contributed by atoms with Crippen LogP contribution in [-0.4, -0.2) is 11.8 Å². The summed E-state index contributed by atoms with van der Waals surface area (Å²) < 4.78 is 0. The van der Waals surface area contributed by atoms with Gasteiger partial charge in [-0.2, -0.15) is 0 Å². The molecule has 3 heteroatoms. The molecule has 1 fully saturated rings. The predicted octanol–water partition coefficient (Wildman–Crippen LogP) is 1.84. The zero-order valence-electron chi connectivity index (χ0n) is 9.27. The topological polar surface area (TPSA) is 46.2 Å². The maximum atomic E-state index is 11.7. The third-order valence-electron chi connectivity index (χ3n) is 3.16. The maximum Gasteiger partial charge on any atom is 0.230 e. The first-order valence-electron chi connectivity index (χ1n) is 5.61. The Kier molecular flexibility index (Phi) is 3.04. The molecule has 84 valence electrons. The Balaban J connectivity index is 2.30. The van der Waals surface area contributed by atoms with E-state index in [1.165, 1.54) is 0 Å². The van der Waals surface area contributed by atoms with Gasteiger partial charge in [0, 0.05) is 18.3 Å². The molecule has 0 radical (unpaired) electrons. The second kappa shape index (κ2) is 4.47. The van der Waals surface area contributed by atoms with E-state index >= 15 is 0 Å². The number of amides is 2. The Bertz CT molecular complexity index is 400. The Morgan fingerprint density at radius 1 is 1.25 bits per heavy atom. The minimum absolute atomic E-state index is 0.0347. The fourth-order valence-electron chi connectivity index (χ4n) is 2.33. The smallest absolute Gasteiger partial charge is 0.230 e. The fraction of sp³-hybridized carbons (Fsp3) is 0.385. The van der Waals surface area contributed by atoms with Crippen molar-refractivity contribution < 1.29 is 9.59 Å². The normalized spacial score (nSPS) is 25.3. The predicted molar refractivity (Wildman–Crippen MR) is 60.7 cm³/mol. The number of imide groups is 1. The van der Waals surface area contributed by atoms with Gasteiger partial charge in [0.1, 0.15) is 0 Å². The van der Waals surface area contributed by atoms with Crippen LogP contribution >= 0.6 is 0 Å². The molecule has 2 unspecified atom stereocenters. The summed E-state index contributed by atoms with van der Waals surface area (Å²) in [7, 11) is 0. The highest BCUT2D eigenvalue weighted by atomic mass is 16.2. The van der Waals surface area contributed by atoms with Gasteiger partial charge in [0.2, 0.25) is 11.8 Å². The monoisotopic (exact) mass is 217 g/mol. The van der Waals surface area contributed by atoms with Crippen molar-refractivity contribution in [3.8, 4) is 0 Å². The number of hydrogen-bond acceptors (Lipinski definition) is 2. The highest BCUT2D eigenvalue weighted by Crippen LogP contribution is 2.32. The number of piperidine rings is 1. The molecule has 0 saturated carbocycles. The summed E-state index contributed by atoms with van der Waals surface area (Å²) in [5.41, 5.74) is 1.08. The molecule has 2 amide bonds. The number of rotatable bonds is 2. The van der Waals surface area contributed by atoms with Gasteiger partial charge in [-0.05, 0) is 12.0 Å². The van der Waals surface area contributed by atoms with E-state index in [0.717, 1.165) is 12.0 Å². The minimum Gasteiger partial charge on any atom is -0.296 e. The van der Waals surface area contributed by atoms with Crippen LogP contribution < -0.4 is 5.32 Å². The maximum absolute atomic E-state index is 11.7. The Hall–Kier alpha value is -1.64. The van der Waals surface area contributed by atoms with Crippen LogP contribution in [0.25, 0.3) is 0 Å². The lowest BCUT2D eigenvalue weighted by Crippen LogP contribution is -2.44. The van der Waals surface area contributed by atoms with Gasteiger partial charge in [-0.3, -0.25) is 14.9 Å². The summed E-state index contributed by atoms with van der Waals surface area (Å²) in [4.78, 5) is 23.1. The lowest BCUT2D eigenvalue weighted by Gasteiger charge is -2.29. The molecule has 0 aliphatic carbocycles. The molecule has 2 atom stereocenters. The lowest BCUT2D eigenvalue weighted by molar-refractivity contribution is -0.137. The number of benzene rings is 1. The quantitative estimate of drug-likeness (QED) is 0.768. The Morgan fingerprint density at radius 2 is 1.94 bits per heavy atom. The van der Waals surface area contributed by atoms with E-state index in [1.807, 2.05) is 37.3 Å². The summed E-state index contributed by atoms with van der Waals surface area (Å²) in [5.74, 6) is -0.344. The van der Waals surface area contributed by atoms with Crippen LogP contribution in [0.1, 0.15) is 31.2 Å². The molecule has 0 aromatic heterocycles. The Labute approximate surface area is 94.9 Å². The molecule has 3 nitrogen and oxygen atoms in total. The lowest BCUT2D eigenvalue weighted by atomic mass is 9.79. The molecule has 1 aromatic rings. The van der Waals surface area contributed by atoms with E-state index in [9.17, 15) is 9.59 Å². The molecule has 1 N–H and O–H groups in total. The van der Waals surface area contributed by atoms with Gasteiger partial charge >= 0.3 is 0 Å². The zero-order valence-corrected chi connectivity index (χ0v) is 9.27. The Morgan fingerprint density at radius 3 is 2.56 bits per heavy atom. The first kappa shape index (κ1) is 10.9. The van der Waals surface area contributed by atoms with Crippen LogP contribution in [0, 0.1) is 5.92 Å². The number of hydrogen-bond donors (Lipinski definition) is 1. The zero-order chi connectivity index (χ0) is 11.5. The standard InChI is InChI=1S/C13H15NO2/c1-2-10-11(8-12(15)14-13(10)16)9-6-4-3-5-7-9/h3-7,10-11H,2,8H2,1H3,(H,14,15,16). The fourth-order valence-corrected chi connectivity index (χ4v) is 2.33. The van der Waals surface area contributed by atoms with Gasteiger partial charge in [-0.25, -0.2) is 0 Å². The van der Waals surface area contributed by atoms with Crippen molar-refractivity contribution in [2.24, 2.45) is 5.92 Å². The van der Waals surface area contributed by atoms with Crippen molar-refractivity contribution in [1.29, 1.82) is 0 Å². The van der Waals surface area contributed by atoms with Gasteiger partial charge in [0.05, 0.1) is 0 Å². The van der Waals surface area contributed by atoms with E-state index in [1.54, 1.807) is 0 Å². The largest absolute Gasteiger partial charge is 0.296 e. The van der Waals surface area contributed by atoms with E-state index < -0.39 is 0 Å². The van der Waals surface area contributed by atoms with E-state index in [0.29, 0.717) is 6.42 Å². The van der Waals surface area contributed by atoms with Gasteiger partial charge in [0.15, 0.2) is 0 Å². The molecule has 1 heterocycles. The summed E-state index contributed by atoms with van der Waals surface area (Å²) in [6.07, 6.45) is 1.17. The van der Waals surface area contributed by atoms with Crippen LogP contribution in [0.5, 0.6) is 0 Å². The molecule has 0 bridgehead atoms. The first-order valence-corrected chi connectivity index (χ1v) is 5.61. The molecule has 1 saturated heterocycles. The minimum atomic E-state index is -0.163. The average Bonchev–Trinajstić information content (AvgIpc) is 2.29. The third-order valence-corrected chi connectivity index (χ3v) is 3.16. The van der Waals surface area contributed by atoms with Gasteiger partial charge in [-0.15, -0.1) is 0 Å². The van der Waals surface area contributed by atoms with Gasteiger partial charge in [-0.1, -0.05) is 37.3 Å². The molecule has 2 rings (SSSR count). The van der Waals surface area contributed by atoms with Crippen LogP contribution in [0.15, 0.2) is 30.3 Å². The van der Waals surface area contributed by atoms with Crippen LogP contribution in [0.3, 0.4) is 0 Å². The van der Waals surface area contributed by atoms with Gasteiger partial charge in [0.25, 0.3) is 0 Å². The summed E-state index contributed by atoms with van der Waals surface area (Å²) in [6, 6.07) is 9.80. The third kappa shape index (κ3) is 1.98. The highest BCUT2D eigenvalue weighted by molar-refractivity contribution is 5.99. The van der Waals surface area contributed by atoms with Crippen molar-refractivity contribution in [2.45, 2.75) is 25.7 Å². The second-order valence-corrected chi connectivity index (χ2v) is 4.15. The van der Waals surface area contributed by atoms with Crippen LogP contribution in [-0.2, 0) is 9.59 Å². The van der Waals surface area contributed by atoms with E-state index in [4.69, 9.17) is 0 Å². The SMILES string of the molecule is CCC1C(=O)NC(=O)CC1c1ccccc1. The summed E-state index contributed by atoms with van der Waals surface area (Å²) in [5, 5.41) is 2.40. The molecular weight excluding hydrogens is 202 g/mol. The van der Waals surface area contributed by atoms with E-state index in [-0.39, 0.29) is 23.7 Å². The van der Waals surface area contributed by atoms with Crippen molar-refractivity contribution in [3.05, 3.63) is 35.9 Å². The van der Waals surface area contributed by atoms with E-state index in [2.05, 4.69) is 5.32 Å². The van der Waals surface area contributed by atoms with Crippen molar-refractivity contribution in [3.63, 3.8) is 0 Å². The number of carbonyl (C=O) groups is 2. The first-order chi connectivity index (χ1) is 7.72. The van der Waals surface area contributed by atoms with Gasteiger partial charge < -0.3 is 0 Å². The summed E-state index contributed by atoms with van der Waals surface area (Å²) in [6.45, 7) is 1.98. The molecule has 1 aliphatic heterocycles.